The van der Waals surface area contributed by atoms with E-state index in [1.165, 1.54) is 26.2 Å². The summed E-state index contributed by atoms with van der Waals surface area (Å²) < 4.78 is 68.3. The largest absolute Gasteiger partial charge is 0.492 e. The molecule has 41 heavy (non-hydrogen) atoms. The normalized spacial score (nSPS) is 12.6. The summed E-state index contributed by atoms with van der Waals surface area (Å²) in [5.74, 6) is -2.75. The first-order chi connectivity index (χ1) is 19.4. The van der Waals surface area contributed by atoms with Crippen LogP contribution in [0, 0.1) is 18.7 Å². The first-order valence-electron chi connectivity index (χ1n) is 12.6. The summed E-state index contributed by atoms with van der Waals surface area (Å²) in [6.45, 7) is 4.79. The molecule has 0 radical (unpaired) electrons. The van der Waals surface area contributed by atoms with Crippen molar-refractivity contribution in [2.75, 3.05) is 13.7 Å². The number of hydrogen-bond acceptors (Lipinski definition) is 8. The zero-order chi connectivity index (χ0) is 29.9. The summed E-state index contributed by atoms with van der Waals surface area (Å²) in [5, 5.41) is 10.8. The lowest BCUT2D eigenvalue weighted by molar-refractivity contribution is 0.0557. The number of rotatable bonds is 10. The first kappa shape index (κ1) is 30.0. The first-order valence-corrected chi connectivity index (χ1v) is 14.1. The highest BCUT2D eigenvalue weighted by Gasteiger charge is 2.33. The van der Waals surface area contributed by atoms with Gasteiger partial charge in [0.2, 0.25) is 21.7 Å². The van der Waals surface area contributed by atoms with E-state index in [0.717, 1.165) is 22.8 Å². The molecule has 0 spiro atoms. The van der Waals surface area contributed by atoms with Crippen LogP contribution in [-0.4, -0.2) is 47.9 Å². The van der Waals surface area contributed by atoms with Gasteiger partial charge in [-0.15, -0.1) is 0 Å². The number of benzene rings is 2. The predicted molar refractivity (Wildman–Crippen MR) is 146 cm³/mol. The zero-order valence-corrected chi connectivity index (χ0v) is 23.7. The Morgan fingerprint density at radius 2 is 1.68 bits per heavy atom. The smallest absolute Gasteiger partial charge is 0.277 e. The van der Waals surface area contributed by atoms with Crippen molar-refractivity contribution >= 4 is 9.84 Å². The molecule has 12 heteroatoms. The van der Waals surface area contributed by atoms with Crippen molar-refractivity contribution in [1.82, 2.24) is 14.5 Å². The quantitative estimate of drug-likeness (QED) is 0.268. The van der Waals surface area contributed by atoms with Crippen LogP contribution in [0.25, 0.3) is 11.1 Å². The fraction of sp³-hybridized carbons (Fsp3) is 0.276. The van der Waals surface area contributed by atoms with E-state index in [4.69, 9.17) is 9.47 Å². The van der Waals surface area contributed by atoms with Crippen LogP contribution >= 0.6 is 0 Å². The number of pyridine rings is 1. The van der Waals surface area contributed by atoms with Gasteiger partial charge in [0.05, 0.1) is 23.6 Å². The van der Waals surface area contributed by atoms with Gasteiger partial charge in [0, 0.05) is 23.9 Å². The van der Waals surface area contributed by atoms with E-state index in [1.807, 2.05) is 0 Å². The van der Waals surface area contributed by atoms with Gasteiger partial charge in [-0.2, -0.15) is 9.37 Å². The number of halogens is 2. The summed E-state index contributed by atoms with van der Waals surface area (Å²) in [6, 6.07) is 13.4. The van der Waals surface area contributed by atoms with Gasteiger partial charge >= 0.3 is 0 Å². The lowest BCUT2D eigenvalue weighted by atomic mass is 10.0. The molecule has 9 nitrogen and oxygen atoms in total. The molecule has 2 aromatic carbocycles. The van der Waals surface area contributed by atoms with Crippen LogP contribution in [0.3, 0.4) is 0 Å². The van der Waals surface area contributed by atoms with Crippen LogP contribution in [0.1, 0.15) is 37.0 Å². The van der Waals surface area contributed by atoms with Crippen molar-refractivity contribution in [3.8, 4) is 17.0 Å². The minimum absolute atomic E-state index is 0.0147. The Morgan fingerprint density at radius 1 is 1.00 bits per heavy atom. The van der Waals surface area contributed by atoms with E-state index in [-0.39, 0.29) is 42.0 Å². The summed E-state index contributed by atoms with van der Waals surface area (Å²) in [6.07, 6.45) is -0.259. The standard InChI is InChI=1S/C29H29F2N3O6S/c1-17(2)40-16-26-33-28(35)27(29(36)34(26)24(15-39-4)19-8-6-5-7-9-19)41(37,38)20-10-11-22(23(30)14-20)21-12-13-25(31)32-18(21)3/h5-14,17,24,35H,15-16H2,1-4H3/t24-/m0/s1. The van der Waals surface area contributed by atoms with Crippen LogP contribution in [0.5, 0.6) is 5.88 Å². The maximum absolute atomic E-state index is 15.3. The molecule has 216 valence electrons. The van der Waals surface area contributed by atoms with Crippen LogP contribution in [-0.2, 0) is 25.9 Å². The van der Waals surface area contributed by atoms with Crippen molar-refractivity contribution in [3.63, 3.8) is 0 Å². The van der Waals surface area contributed by atoms with Crippen LogP contribution in [0.4, 0.5) is 8.78 Å². The molecule has 0 amide bonds. The molecule has 0 aliphatic rings. The minimum atomic E-state index is -4.78. The topological polar surface area (TPSA) is 121 Å². The average molecular weight is 586 g/mol. The Labute approximate surface area is 236 Å². The molecule has 0 aliphatic heterocycles. The van der Waals surface area contributed by atoms with Gasteiger partial charge in [-0.25, -0.2) is 17.8 Å². The third-order valence-electron chi connectivity index (χ3n) is 6.36. The molecular formula is C29H29F2N3O6S. The van der Waals surface area contributed by atoms with Gasteiger partial charge in [-0.1, -0.05) is 36.4 Å². The summed E-state index contributed by atoms with van der Waals surface area (Å²) in [4.78, 5) is 20.1. The second-order valence-corrected chi connectivity index (χ2v) is 11.4. The molecule has 0 saturated heterocycles. The van der Waals surface area contributed by atoms with Gasteiger partial charge in [-0.3, -0.25) is 9.36 Å². The Morgan fingerprint density at radius 3 is 2.29 bits per heavy atom. The molecule has 0 aliphatic carbocycles. The zero-order valence-electron chi connectivity index (χ0n) is 22.8. The van der Waals surface area contributed by atoms with E-state index in [9.17, 15) is 22.7 Å². The highest BCUT2D eigenvalue weighted by molar-refractivity contribution is 7.91. The number of nitrogens with zero attached hydrogens (tertiary/aromatic N) is 3. The van der Waals surface area contributed by atoms with Crippen LogP contribution in [0.2, 0.25) is 0 Å². The van der Waals surface area contributed by atoms with Gasteiger partial charge in [0.15, 0.2) is 4.90 Å². The summed E-state index contributed by atoms with van der Waals surface area (Å²) >= 11 is 0. The lowest BCUT2D eigenvalue weighted by Crippen LogP contribution is -2.35. The highest BCUT2D eigenvalue weighted by atomic mass is 32.2. The molecule has 0 bridgehead atoms. The number of aromatic nitrogens is 3. The Balaban J connectivity index is 1.90. The number of ether oxygens (including phenoxy) is 2. The van der Waals surface area contributed by atoms with E-state index in [2.05, 4.69) is 9.97 Å². The maximum atomic E-state index is 15.3. The molecule has 2 heterocycles. The third-order valence-corrected chi connectivity index (χ3v) is 8.13. The van der Waals surface area contributed by atoms with E-state index in [0.29, 0.717) is 5.56 Å². The highest BCUT2D eigenvalue weighted by Crippen LogP contribution is 2.31. The Bertz CT molecular complexity index is 1730. The molecule has 0 unspecified atom stereocenters. The van der Waals surface area contributed by atoms with Gasteiger partial charge in [0.1, 0.15) is 18.2 Å². The summed E-state index contributed by atoms with van der Waals surface area (Å²) in [5.41, 5.74) is -0.00209. The SMILES string of the molecule is COC[C@@H](c1ccccc1)n1c(COC(C)C)nc(O)c(S(=O)(=O)c2ccc(-c3ccc(F)nc3C)c(F)c2)c1=O. The molecule has 0 saturated carbocycles. The fourth-order valence-corrected chi connectivity index (χ4v) is 5.77. The summed E-state index contributed by atoms with van der Waals surface area (Å²) in [7, 11) is -3.35. The molecule has 1 N–H and O–H groups in total. The van der Waals surface area contributed by atoms with Gasteiger partial charge in [-0.05, 0) is 50.6 Å². The van der Waals surface area contributed by atoms with Crippen LogP contribution < -0.4 is 5.56 Å². The van der Waals surface area contributed by atoms with Crippen molar-refractivity contribution in [2.24, 2.45) is 0 Å². The number of aryl methyl sites for hydroxylation is 1. The predicted octanol–water partition coefficient (Wildman–Crippen LogP) is 4.59. The second-order valence-electron chi connectivity index (χ2n) is 9.51. The van der Waals surface area contributed by atoms with Gasteiger partial charge in [0.25, 0.3) is 5.56 Å². The molecule has 0 fully saturated rings. The number of aromatic hydroxyl groups is 1. The van der Waals surface area contributed by atoms with E-state index < -0.39 is 48.9 Å². The third kappa shape index (κ3) is 6.19. The molecule has 4 rings (SSSR count). The van der Waals surface area contributed by atoms with Gasteiger partial charge < -0.3 is 14.6 Å². The molecule has 4 aromatic rings. The average Bonchev–Trinajstić information content (AvgIpc) is 2.91. The Hall–Kier alpha value is -4.00. The second kappa shape index (κ2) is 12.2. The van der Waals surface area contributed by atoms with Crippen LogP contribution in [0.15, 0.2) is 75.2 Å². The van der Waals surface area contributed by atoms with Crippen molar-refractivity contribution in [2.45, 2.75) is 49.3 Å². The lowest BCUT2D eigenvalue weighted by Gasteiger charge is -2.24. The number of methoxy groups -OCH3 is 1. The van der Waals surface area contributed by atoms with E-state index >= 15 is 4.39 Å². The molecule has 2 aromatic heterocycles. The monoisotopic (exact) mass is 585 g/mol. The number of sulfone groups is 1. The molecular weight excluding hydrogens is 556 g/mol. The number of hydrogen-bond donors (Lipinski definition) is 1. The Kier molecular flexibility index (Phi) is 8.95. The minimum Gasteiger partial charge on any atom is -0.492 e. The fourth-order valence-electron chi connectivity index (χ4n) is 4.42. The van der Waals surface area contributed by atoms with Crippen molar-refractivity contribution < 1.29 is 31.8 Å². The molecule has 1 atom stereocenters. The maximum Gasteiger partial charge on any atom is 0.277 e. The van der Waals surface area contributed by atoms with Crippen molar-refractivity contribution in [1.29, 1.82) is 0 Å². The van der Waals surface area contributed by atoms with Crippen molar-refractivity contribution in [3.05, 3.63) is 99.9 Å². The van der Waals surface area contributed by atoms with E-state index in [1.54, 1.807) is 44.2 Å².